The third kappa shape index (κ3) is 3.41. The number of carboxylic acid groups (broad SMARTS) is 1. The Bertz CT molecular complexity index is 655. The Morgan fingerprint density at radius 1 is 1.10 bits per heavy atom. The average molecular weight is 273 g/mol. The molecule has 0 aliphatic heterocycles. The van der Waals surface area contributed by atoms with Crippen LogP contribution in [0.3, 0.4) is 0 Å². The maximum Gasteiger partial charge on any atom is 0.335 e. The van der Waals surface area contributed by atoms with E-state index in [4.69, 9.17) is 5.11 Å². The zero-order chi connectivity index (χ0) is 14.5. The number of carbonyl (C=O) groups is 2. The van der Waals surface area contributed by atoms with Gasteiger partial charge >= 0.3 is 5.97 Å². The molecule has 102 valence electrons. The van der Waals surface area contributed by atoms with Crippen LogP contribution in [0.1, 0.15) is 15.9 Å². The van der Waals surface area contributed by atoms with Crippen LogP contribution in [0.5, 0.6) is 0 Å². The van der Waals surface area contributed by atoms with E-state index < -0.39 is 17.7 Å². The molecule has 2 N–H and O–H groups in total. The summed E-state index contributed by atoms with van der Waals surface area (Å²) >= 11 is 0. The van der Waals surface area contributed by atoms with Crippen LogP contribution in [-0.4, -0.2) is 17.0 Å². The van der Waals surface area contributed by atoms with Crippen molar-refractivity contribution in [1.29, 1.82) is 0 Å². The van der Waals surface area contributed by atoms with Crippen molar-refractivity contribution in [2.24, 2.45) is 0 Å². The van der Waals surface area contributed by atoms with Crippen LogP contribution in [0.15, 0.2) is 48.5 Å². The van der Waals surface area contributed by atoms with Crippen LogP contribution in [0.2, 0.25) is 0 Å². The number of rotatable bonds is 4. The van der Waals surface area contributed by atoms with Crippen molar-refractivity contribution in [3.63, 3.8) is 0 Å². The van der Waals surface area contributed by atoms with Crippen molar-refractivity contribution >= 4 is 17.6 Å². The monoisotopic (exact) mass is 273 g/mol. The molecule has 0 aliphatic rings. The van der Waals surface area contributed by atoms with Crippen LogP contribution < -0.4 is 5.32 Å². The average Bonchev–Trinajstić information content (AvgIpc) is 2.38. The quantitative estimate of drug-likeness (QED) is 0.900. The summed E-state index contributed by atoms with van der Waals surface area (Å²) in [5, 5.41) is 11.5. The maximum atomic E-state index is 13.0. The highest BCUT2D eigenvalue weighted by molar-refractivity contribution is 5.95. The minimum Gasteiger partial charge on any atom is -0.478 e. The van der Waals surface area contributed by atoms with E-state index in [9.17, 15) is 14.0 Å². The summed E-state index contributed by atoms with van der Waals surface area (Å²) in [4.78, 5) is 22.9. The fraction of sp³-hybridized carbons (Fsp3) is 0.0667. The van der Waals surface area contributed by atoms with E-state index >= 15 is 0 Å². The second-order valence-electron chi connectivity index (χ2n) is 4.20. The van der Waals surface area contributed by atoms with Crippen molar-refractivity contribution < 1.29 is 19.1 Å². The van der Waals surface area contributed by atoms with Gasteiger partial charge in [0.1, 0.15) is 5.82 Å². The summed E-state index contributed by atoms with van der Waals surface area (Å²) in [7, 11) is 0. The molecule has 5 heteroatoms. The summed E-state index contributed by atoms with van der Waals surface area (Å²) in [5.41, 5.74) is 0.832. The van der Waals surface area contributed by atoms with Gasteiger partial charge in [-0.05, 0) is 29.8 Å². The number of hydrogen-bond donors (Lipinski definition) is 2. The predicted molar refractivity (Wildman–Crippen MR) is 72.1 cm³/mol. The third-order valence-corrected chi connectivity index (χ3v) is 2.71. The SMILES string of the molecule is O=C(Cc1ccccc1C(=O)O)Nc1cccc(F)c1. The van der Waals surface area contributed by atoms with E-state index in [1.807, 2.05) is 0 Å². The Morgan fingerprint density at radius 2 is 1.85 bits per heavy atom. The van der Waals surface area contributed by atoms with Gasteiger partial charge in [0.25, 0.3) is 0 Å². The topological polar surface area (TPSA) is 66.4 Å². The zero-order valence-electron chi connectivity index (χ0n) is 10.5. The first-order valence-corrected chi connectivity index (χ1v) is 5.93. The van der Waals surface area contributed by atoms with Gasteiger partial charge in [-0.2, -0.15) is 0 Å². The molecule has 2 aromatic rings. The van der Waals surface area contributed by atoms with E-state index in [1.165, 1.54) is 24.3 Å². The van der Waals surface area contributed by atoms with Gasteiger partial charge < -0.3 is 10.4 Å². The molecule has 0 fully saturated rings. The van der Waals surface area contributed by atoms with Gasteiger partial charge in [0.2, 0.25) is 5.91 Å². The number of aromatic carboxylic acids is 1. The van der Waals surface area contributed by atoms with Gasteiger partial charge in [0.05, 0.1) is 12.0 Å². The molecular weight excluding hydrogens is 261 g/mol. The summed E-state index contributed by atoms with van der Waals surface area (Å²) in [5.74, 6) is -1.93. The molecule has 2 aromatic carbocycles. The normalized spacial score (nSPS) is 10.1. The molecule has 2 rings (SSSR count). The molecule has 4 nitrogen and oxygen atoms in total. The number of nitrogens with one attached hydrogen (secondary N) is 1. The smallest absolute Gasteiger partial charge is 0.335 e. The first-order valence-electron chi connectivity index (χ1n) is 5.93. The molecule has 0 atom stereocenters. The first kappa shape index (κ1) is 13.7. The van der Waals surface area contributed by atoms with Gasteiger partial charge in [0.15, 0.2) is 0 Å². The van der Waals surface area contributed by atoms with Gasteiger partial charge in [-0.25, -0.2) is 9.18 Å². The third-order valence-electron chi connectivity index (χ3n) is 2.71. The molecule has 0 radical (unpaired) electrons. The van der Waals surface area contributed by atoms with Gasteiger partial charge in [-0.3, -0.25) is 4.79 Å². The molecular formula is C15H12FNO3. The van der Waals surface area contributed by atoms with E-state index in [1.54, 1.807) is 24.3 Å². The summed E-state index contributed by atoms with van der Waals surface area (Å²) in [6.45, 7) is 0. The molecule has 0 aliphatic carbocycles. The molecule has 0 bridgehead atoms. The Hall–Kier alpha value is -2.69. The fourth-order valence-corrected chi connectivity index (χ4v) is 1.83. The molecule has 0 saturated heterocycles. The summed E-state index contributed by atoms with van der Waals surface area (Å²) < 4.78 is 13.0. The van der Waals surface area contributed by atoms with Crippen molar-refractivity contribution in [3.05, 3.63) is 65.5 Å². The van der Waals surface area contributed by atoms with Crippen molar-refractivity contribution in [3.8, 4) is 0 Å². The van der Waals surface area contributed by atoms with Crippen LogP contribution in [0.4, 0.5) is 10.1 Å². The van der Waals surface area contributed by atoms with Gasteiger partial charge in [0, 0.05) is 5.69 Å². The number of carbonyl (C=O) groups excluding carboxylic acids is 1. The van der Waals surface area contributed by atoms with Crippen molar-refractivity contribution in [2.45, 2.75) is 6.42 Å². The number of anilines is 1. The lowest BCUT2D eigenvalue weighted by Gasteiger charge is -2.07. The molecule has 20 heavy (non-hydrogen) atoms. The molecule has 0 saturated carbocycles. The lowest BCUT2D eigenvalue weighted by Crippen LogP contribution is -2.16. The number of halogens is 1. The fourth-order valence-electron chi connectivity index (χ4n) is 1.83. The highest BCUT2D eigenvalue weighted by Gasteiger charge is 2.12. The van der Waals surface area contributed by atoms with Gasteiger partial charge in [-0.1, -0.05) is 24.3 Å². The highest BCUT2D eigenvalue weighted by atomic mass is 19.1. The first-order chi connectivity index (χ1) is 9.56. The van der Waals surface area contributed by atoms with Gasteiger partial charge in [-0.15, -0.1) is 0 Å². The number of benzene rings is 2. The van der Waals surface area contributed by atoms with E-state index in [2.05, 4.69) is 5.32 Å². The summed E-state index contributed by atoms with van der Waals surface area (Å²) in [6, 6.07) is 11.8. The van der Waals surface area contributed by atoms with Crippen molar-refractivity contribution in [2.75, 3.05) is 5.32 Å². The molecule has 0 heterocycles. The standard InChI is InChI=1S/C15H12FNO3/c16-11-5-3-6-12(9-11)17-14(18)8-10-4-1-2-7-13(10)15(19)20/h1-7,9H,8H2,(H,17,18)(H,19,20). The maximum absolute atomic E-state index is 13.0. The van der Waals surface area contributed by atoms with Crippen LogP contribution in [-0.2, 0) is 11.2 Å². The molecule has 0 spiro atoms. The van der Waals surface area contributed by atoms with E-state index in [-0.39, 0.29) is 12.0 Å². The Kier molecular flexibility index (Phi) is 4.10. The summed E-state index contributed by atoms with van der Waals surface area (Å²) in [6.07, 6.45) is -0.0843. The number of amides is 1. The van der Waals surface area contributed by atoms with E-state index in [0.717, 1.165) is 0 Å². The molecule has 1 amide bonds. The predicted octanol–water partition coefficient (Wildman–Crippen LogP) is 2.71. The van der Waals surface area contributed by atoms with Crippen molar-refractivity contribution in [1.82, 2.24) is 0 Å². The molecule has 0 unspecified atom stereocenters. The second kappa shape index (κ2) is 5.97. The zero-order valence-corrected chi connectivity index (χ0v) is 10.5. The lowest BCUT2D eigenvalue weighted by molar-refractivity contribution is -0.115. The minimum absolute atomic E-state index is 0.0843. The lowest BCUT2D eigenvalue weighted by atomic mass is 10.0. The minimum atomic E-state index is -1.08. The second-order valence-corrected chi connectivity index (χ2v) is 4.20. The highest BCUT2D eigenvalue weighted by Crippen LogP contribution is 2.13. The van der Waals surface area contributed by atoms with Crippen LogP contribution >= 0.6 is 0 Å². The largest absolute Gasteiger partial charge is 0.478 e. The van der Waals surface area contributed by atoms with Crippen LogP contribution in [0, 0.1) is 5.82 Å². The molecule has 0 aromatic heterocycles. The Balaban J connectivity index is 2.11. The number of carboxylic acids is 1. The van der Waals surface area contributed by atoms with Crippen LogP contribution in [0.25, 0.3) is 0 Å². The Labute approximate surface area is 114 Å². The Morgan fingerprint density at radius 3 is 2.55 bits per heavy atom. The van der Waals surface area contributed by atoms with E-state index in [0.29, 0.717) is 11.3 Å². The number of hydrogen-bond acceptors (Lipinski definition) is 2.